The van der Waals surface area contributed by atoms with Crippen LogP contribution in [0.2, 0.25) is 0 Å². The first-order chi connectivity index (χ1) is 11.7. The topological polar surface area (TPSA) is 58.1 Å². The number of nitrogens with zero attached hydrogens (tertiary/aromatic N) is 3. The van der Waals surface area contributed by atoms with E-state index in [4.69, 9.17) is 0 Å². The number of hydrogen-bond donors (Lipinski definition) is 1. The van der Waals surface area contributed by atoms with E-state index in [1.54, 1.807) is 6.07 Å². The molecule has 126 valence electrons. The number of amides is 1. The van der Waals surface area contributed by atoms with Crippen molar-refractivity contribution in [1.82, 2.24) is 15.3 Å². The van der Waals surface area contributed by atoms with Gasteiger partial charge in [0.05, 0.1) is 0 Å². The van der Waals surface area contributed by atoms with E-state index < -0.39 is 0 Å². The van der Waals surface area contributed by atoms with Gasteiger partial charge in [0.1, 0.15) is 5.69 Å². The summed E-state index contributed by atoms with van der Waals surface area (Å²) in [4.78, 5) is 23.6. The summed E-state index contributed by atoms with van der Waals surface area (Å²) in [5, 5.41) is 3.10. The fraction of sp³-hybridized carbons (Fsp3) is 0.421. The van der Waals surface area contributed by atoms with Crippen LogP contribution in [0.3, 0.4) is 0 Å². The minimum absolute atomic E-state index is 0.0993. The van der Waals surface area contributed by atoms with Crippen LogP contribution in [-0.4, -0.2) is 28.5 Å². The molecule has 1 aliphatic rings. The van der Waals surface area contributed by atoms with Crippen molar-refractivity contribution >= 4 is 17.5 Å². The Morgan fingerprint density at radius 1 is 1.21 bits per heavy atom. The molecule has 3 rings (SSSR count). The Bertz CT molecular complexity index is 696. The van der Waals surface area contributed by atoms with E-state index in [0.29, 0.717) is 11.6 Å². The largest absolute Gasteiger partial charge is 0.348 e. The number of carbonyl (C=O) groups excluding carboxylic acids is 1. The first-order valence-electron chi connectivity index (χ1n) is 8.66. The molecule has 1 fully saturated rings. The Morgan fingerprint density at radius 2 is 1.92 bits per heavy atom. The van der Waals surface area contributed by atoms with Gasteiger partial charge in [0.2, 0.25) is 5.95 Å². The lowest BCUT2D eigenvalue weighted by Gasteiger charge is -2.22. The van der Waals surface area contributed by atoms with Crippen molar-refractivity contribution in [2.24, 2.45) is 0 Å². The number of aryl methyl sites for hydroxylation is 1. The molecule has 1 aromatic carbocycles. The molecule has 2 aromatic rings. The summed E-state index contributed by atoms with van der Waals surface area (Å²) < 4.78 is 0. The van der Waals surface area contributed by atoms with Gasteiger partial charge in [-0.15, -0.1) is 0 Å². The summed E-state index contributed by atoms with van der Waals surface area (Å²) in [5.41, 5.74) is 2.26. The van der Waals surface area contributed by atoms with Gasteiger partial charge in [-0.25, -0.2) is 9.97 Å². The van der Waals surface area contributed by atoms with Gasteiger partial charge in [-0.1, -0.05) is 31.0 Å². The van der Waals surface area contributed by atoms with Gasteiger partial charge >= 0.3 is 0 Å². The number of carbonyl (C=O) groups is 1. The molecule has 1 saturated carbocycles. The Hall–Kier alpha value is -2.43. The van der Waals surface area contributed by atoms with Crippen LogP contribution in [0, 0.1) is 6.92 Å². The van der Waals surface area contributed by atoms with Crippen molar-refractivity contribution in [3.8, 4) is 0 Å². The lowest BCUT2D eigenvalue weighted by Crippen LogP contribution is -2.33. The maximum absolute atomic E-state index is 12.5. The Morgan fingerprint density at radius 3 is 2.58 bits per heavy atom. The Balaban J connectivity index is 1.86. The van der Waals surface area contributed by atoms with E-state index in [2.05, 4.69) is 22.2 Å². The van der Waals surface area contributed by atoms with Crippen LogP contribution in [0.1, 0.15) is 48.8 Å². The minimum atomic E-state index is -0.0993. The second-order valence-electron chi connectivity index (χ2n) is 6.23. The summed E-state index contributed by atoms with van der Waals surface area (Å²) >= 11 is 0. The molecule has 1 N–H and O–H groups in total. The Kier molecular flexibility index (Phi) is 5.08. The van der Waals surface area contributed by atoms with Crippen molar-refractivity contribution in [2.75, 3.05) is 11.4 Å². The minimum Gasteiger partial charge on any atom is -0.348 e. The van der Waals surface area contributed by atoms with E-state index in [1.165, 1.54) is 12.8 Å². The fourth-order valence-electron chi connectivity index (χ4n) is 3.17. The highest BCUT2D eigenvalue weighted by atomic mass is 16.1. The highest BCUT2D eigenvalue weighted by Crippen LogP contribution is 2.22. The molecule has 0 bridgehead atoms. The van der Waals surface area contributed by atoms with Crippen LogP contribution in [0.4, 0.5) is 11.6 Å². The van der Waals surface area contributed by atoms with Gasteiger partial charge < -0.3 is 10.2 Å². The summed E-state index contributed by atoms with van der Waals surface area (Å²) in [6.07, 6.45) is 4.51. The van der Waals surface area contributed by atoms with Crippen molar-refractivity contribution in [3.05, 3.63) is 47.8 Å². The quantitative estimate of drug-likeness (QED) is 0.912. The fourth-order valence-corrected chi connectivity index (χ4v) is 3.17. The summed E-state index contributed by atoms with van der Waals surface area (Å²) in [5.74, 6) is 0.470. The van der Waals surface area contributed by atoms with Crippen molar-refractivity contribution in [2.45, 2.75) is 45.6 Å². The molecule has 0 radical (unpaired) electrons. The number of rotatable bonds is 5. The highest BCUT2D eigenvalue weighted by molar-refractivity contribution is 5.93. The zero-order valence-corrected chi connectivity index (χ0v) is 14.3. The first-order valence-corrected chi connectivity index (χ1v) is 8.66. The van der Waals surface area contributed by atoms with E-state index in [9.17, 15) is 4.79 Å². The number of benzene rings is 1. The van der Waals surface area contributed by atoms with Crippen LogP contribution >= 0.6 is 0 Å². The predicted octanol–water partition coefficient (Wildman–Crippen LogP) is 3.62. The third-order valence-electron chi connectivity index (χ3n) is 4.39. The monoisotopic (exact) mass is 324 g/mol. The molecular formula is C19H24N4O. The van der Waals surface area contributed by atoms with Gasteiger partial charge in [0.25, 0.3) is 5.91 Å². The van der Waals surface area contributed by atoms with E-state index in [0.717, 1.165) is 30.8 Å². The van der Waals surface area contributed by atoms with Crippen LogP contribution in [0.5, 0.6) is 0 Å². The maximum Gasteiger partial charge on any atom is 0.270 e. The average Bonchev–Trinajstić information content (AvgIpc) is 3.09. The lowest BCUT2D eigenvalue weighted by atomic mass is 10.2. The van der Waals surface area contributed by atoms with Gasteiger partial charge in [0.15, 0.2) is 0 Å². The second-order valence-corrected chi connectivity index (χ2v) is 6.23. The zero-order chi connectivity index (χ0) is 16.9. The van der Waals surface area contributed by atoms with E-state index >= 15 is 0 Å². The van der Waals surface area contributed by atoms with Gasteiger partial charge in [-0.3, -0.25) is 4.79 Å². The molecule has 5 heteroatoms. The molecule has 24 heavy (non-hydrogen) atoms. The second kappa shape index (κ2) is 7.43. The number of hydrogen-bond acceptors (Lipinski definition) is 4. The number of anilines is 2. The van der Waals surface area contributed by atoms with Crippen molar-refractivity contribution < 1.29 is 4.79 Å². The third-order valence-corrected chi connectivity index (χ3v) is 4.39. The number of aromatic nitrogens is 2. The number of nitrogens with one attached hydrogen (secondary N) is 1. The van der Waals surface area contributed by atoms with Gasteiger partial charge in [-0.2, -0.15) is 0 Å². The standard InChI is InChI=1S/C19H24N4O/c1-3-23(16-11-5-4-6-12-16)19-20-14(2)13-17(22-19)18(24)21-15-9-7-8-10-15/h4-6,11-13,15H,3,7-10H2,1-2H3,(H,21,24). The van der Waals surface area contributed by atoms with Gasteiger partial charge in [0, 0.05) is 24.0 Å². The molecule has 0 spiro atoms. The summed E-state index contributed by atoms with van der Waals surface area (Å²) in [6.45, 7) is 4.68. The van der Waals surface area contributed by atoms with E-state index in [1.807, 2.05) is 42.2 Å². The normalized spacial score (nSPS) is 14.6. The zero-order valence-electron chi connectivity index (χ0n) is 14.3. The molecule has 0 saturated heterocycles. The molecule has 1 aliphatic carbocycles. The molecule has 1 amide bonds. The van der Waals surface area contributed by atoms with E-state index in [-0.39, 0.29) is 11.9 Å². The molecule has 0 aliphatic heterocycles. The molecular weight excluding hydrogens is 300 g/mol. The highest BCUT2D eigenvalue weighted by Gasteiger charge is 2.20. The number of para-hydroxylation sites is 1. The van der Waals surface area contributed by atoms with Crippen molar-refractivity contribution in [3.63, 3.8) is 0 Å². The van der Waals surface area contributed by atoms with Gasteiger partial charge in [-0.05, 0) is 44.9 Å². The first kappa shape index (κ1) is 16.4. The maximum atomic E-state index is 12.5. The molecule has 1 aromatic heterocycles. The van der Waals surface area contributed by atoms with Crippen LogP contribution in [0.15, 0.2) is 36.4 Å². The smallest absolute Gasteiger partial charge is 0.270 e. The average molecular weight is 324 g/mol. The summed E-state index contributed by atoms with van der Waals surface area (Å²) in [6, 6.07) is 12.0. The van der Waals surface area contributed by atoms with Crippen LogP contribution < -0.4 is 10.2 Å². The van der Waals surface area contributed by atoms with Crippen molar-refractivity contribution in [1.29, 1.82) is 0 Å². The SMILES string of the molecule is CCN(c1ccccc1)c1nc(C)cc(C(=O)NC2CCCC2)n1. The summed E-state index contributed by atoms with van der Waals surface area (Å²) in [7, 11) is 0. The molecule has 1 heterocycles. The molecule has 0 unspecified atom stereocenters. The van der Waals surface area contributed by atoms with Crippen LogP contribution in [-0.2, 0) is 0 Å². The lowest BCUT2D eigenvalue weighted by molar-refractivity contribution is 0.0932. The van der Waals surface area contributed by atoms with Crippen LogP contribution in [0.25, 0.3) is 0 Å². The third kappa shape index (κ3) is 3.72. The molecule has 0 atom stereocenters. The molecule has 5 nitrogen and oxygen atoms in total. The Labute approximate surface area is 143 Å². The predicted molar refractivity (Wildman–Crippen MR) is 95.6 cm³/mol.